The van der Waals surface area contributed by atoms with Crippen LogP contribution < -0.4 is 11.1 Å². The Bertz CT molecular complexity index is 244. The van der Waals surface area contributed by atoms with Gasteiger partial charge >= 0.3 is 0 Å². The molecule has 0 aromatic carbocycles. The van der Waals surface area contributed by atoms with Crippen LogP contribution in [-0.4, -0.2) is 29.5 Å². The molecule has 1 heterocycles. The highest BCUT2D eigenvalue weighted by atomic mass is 32.2. The molecule has 3 N–H and O–H groups in total. The normalized spacial score (nSPS) is 23.2. The van der Waals surface area contributed by atoms with Crippen LogP contribution in [0.5, 0.6) is 0 Å². The molecule has 0 aromatic rings. The highest BCUT2D eigenvalue weighted by Gasteiger charge is 2.23. The number of amides is 1. The van der Waals surface area contributed by atoms with Gasteiger partial charge in [-0.3, -0.25) is 4.79 Å². The van der Waals surface area contributed by atoms with Crippen molar-refractivity contribution in [3.63, 3.8) is 0 Å². The topological polar surface area (TPSA) is 55.1 Å². The summed E-state index contributed by atoms with van der Waals surface area (Å²) in [5, 5.41) is 3.63. The second kappa shape index (κ2) is 6.64. The third kappa shape index (κ3) is 5.77. The molecule has 1 rings (SSSR count). The quantitative estimate of drug-likeness (QED) is 0.812. The Labute approximate surface area is 109 Å². The second-order valence-corrected chi connectivity index (χ2v) is 7.38. The molecule has 100 valence electrons. The van der Waals surface area contributed by atoms with Gasteiger partial charge in [-0.2, -0.15) is 11.8 Å². The lowest BCUT2D eigenvalue weighted by molar-refractivity contribution is -0.121. The molecular formula is C13H26N2OS. The van der Waals surface area contributed by atoms with Gasteiger partial charge in [0.1, 0.15) is 0 Å². The average molecular weight is 258 g/mol. The first-order valence-corrected chi connectivity index (χ1v) is 7.58. The van der Waals surface area contributed by atoms with E-state index in [1.165, 1.54) is 25.0 Å². The van der Waals surface area contributed by atoms with Crippen LogP contribution in [0.25, 0.3) is 0 Å². The van der Waals surface area contributed by atoms with Gasteiger partial charge in [0.05, 0.1) is 0 Å². The minimum atomic E-state index is -0.0680. The fourth-order valence-corrected chi connectivity index (χ4v) is 3.01. The lowest BCUT2D eigenvalue weighted by atomic mass is 9.85. The molecule has 0 radical (unpaired) electrons. The Hall–Kier alpha value is -0.220. The van der Waals surface area contributed by atoms with Gasteiger partial charge in [0, 0.05) is 24.3 Å². The monoisotopic (exact) mass is 258 g/mol. The molecular weight excluding hydrogens is 232 g/mol. The molecule has 0 aromatic heterocycles. The van der Waals surface area contributed by atoms with E-state index in [1.54, 1.807) is 0 Å². The van der Waals surface area contributed by atoms with E-state index in [0.717, 1.165) is 6.54 Å². The molecule has 3 nitrogen and oxygen atoms in total. The van der Waals surface area contributed by atoms with Crippen molar-refractivity contribution in [3.8, 4) is 0 Å². The minimum Gasteiger partial charge on any atom is -0.355 e. The van der Waals surface area contributed by atoms with Crippen molar-refractivity contribution in [2.24, 2.45) is 11.1 Å². The van der Waals surface area contributed by atoms with E-state index in [1.807, 2.05) is 11.8 Å². The lowest BCUT2D eigenvalue weighted by Crippen LogP contribution is -2.41. The number of hydrogen-bond acceptors (Lipinski definition) is 3. The number of carbonyl (C=O) groups is 1. The molecule has 0 spiro atoms. The molecule has 17 heavy (non-hydrogen) atoms. The molecule has 1 fully saturated rings. The van der Waals surface area contributed by atoms with E-state index in [-0.39, 0.29) is 17.4 Å². The summed E-state index contributed by atoms with van der Waals surface area (Å²) >= 11 is 1.98. The van der Waals surface area contributed by atoms with Crippen molar-refractivity contribution in [3.05, 3.63) is 0 Å². The predicted octanol–water partition coefficient (Wildman–Crippen LogP) is 2.15. The largest absolute Gasteiger partial charge is 0.355 e. The predicted molar refractivity (Wildman–Crippen MR) is 75.2 cm³/mol. The SMILES string of the molecule is CC(C)(C)C(N)CC(=O)NCC1CCCCS1. The summed E-state index contributed by atoms with van der Waals surface area (Å²) in [5.41, 5.74) is 5.99. The summed E-state index contributed by atoms with van der Waals surface area (Å²) in [7, 11) is 0. The summed E-state index contributed by atoms with van der Waals surface area (Å²) < 4.78 is 0. The maximum absolute atomic E-state index is 11.7. The molecule has 0 saturated carbocycles. The third-order valence-electron chi connectivity index (χ3n) is 3.32. The van der Waals surface area contributed by atoms with Crippen LogP contribution in [-0.2, 0) is 4.79 Å². The summed E-state index contributed by atoms with van der Waals surface area (Å²) in [4.78, 5) is 11.7. The fourth-order valence-electron chi connectivity index (χ4n) is 1.77. The van der Waals surface area contributed by atoms with Gasteiger partial charge in [-0.1, -0.05) is 27.2 Å². The molecule has 1 amide bonds. The Balaban J connectivity index is 2.20. The third-order valence-corrected chi connectivity index (χ3v) is 4.72. The molecule has 1 saturated heterocycles. The highest BCUT2D eigenvalue weighted by Crippen LogP contribution is 2.24. The van der Waals surface area contributed by atoms with Crippen LogP contribution in [0.15, 0.2) is 0 Å². The summed E-state index contributed by atoms with van der Waals surface area (Å²) in [6.45, 7) is 7.02. The van der Waals surface area contributed by atoms with Crippen LogP contribution in [0.2, 0.25) is 0 Å². The minimum absolute atomic E-state index is 0.00305. The van der Waals surface area contributed by atoms with Crippen molar-refractivity contribution < 1.29 is 4.79 Å². The number of nitrogens with one attached hydrogen (secondary N) is 1. The summed E-state index contributed by atoms with van der Waals surface area (Å²) in [5.74, 6) is 1.33. The first kappa shape index (κ1) is 14.8. The number of nitrogens with two attached hydrogens (primary N) is 1. The zero-order chi connectivity index (χ0) is 12.9. The zero-order valence-electron chi connectivity index (χ0n) is 11.3. The van der Waals surface area contributed by atoms with E-state index in [4.69, 9.17) is 5.73 Å². The van der Waals surface area contributed by atoms with Gasteiger partial charge in [0.25, 0.3) is 0 Å². The first-order valence-electron chi connectivity index (χ1n) is 6.53. The number of hydrogen-bond donors (Lipinski definition) is 2. The Kier molecular flexibility index (Phi) is 5.80. The smallest absolute Gasteiger partial charge is 0.221 e. The fraction of sp³-hybridized carbons (Fsp3) is 0.923. The molecule has 0 bridgehead atoms. The molecule has 1 aliphatic heterocycles. The molecule has 2 atom stereocenters. The highest BCUT2D eigenvalue weighted by molar-refractivity contribution is 7.99. The summed E-state index contributed by atoms with van der Waals surface area (Å²) in [6, 6.07) is -0.0680. The van der Waals surface area contributed by atoms with E-state index in [0.29, 0.717) is 11.7 Å². The van der Waals surface area contributed by atoms with E-state index in [9.17, 15) is 4.79 Å². The van der Waals surface area contributed by atoms with Gasteiger partial charge in [-0.05, 0) is 24.0 Å². The molecule has 2 unspecified atom stereocenters. The van der Waals surface area contributed by atoms with Crippen LogP contribution in [0.4, 0.5) is 0 Å². The van der Waals surface area contributed by atoms with Gasteiger partial charge < -0.3 is 11.1 Å². The van der Waals surface area contributed by atoms with E-state index < -0.39 is 0 Å². The maximum Gasteiger partial charge on any atom is 0.221 e. The zero-order valence-corrected chi connectivity index (χ0v) is 12.1. The van der Waals surface area contributed by atoms with Crippen LogP contribution in [0.1, 0.15) is 46.5 Å². The maximum atomic E-state index is 11.7. The van der Waals surface area contributed by atoms with Gasteiger partial charge in [0.2, 0.25) is 5.91 Å². The van der Waals surface area contributed by atoms with E-state index >= 15 is 0 Å². The Morgan fingerprint density at radius 1 is 1.47 bits per heavy atom. The average Bonchev–Trinajstić information content (AvgIpc) is 2.26. The second-order valence-electron chi connectivity index (χ2n) is 5.97. The molecule has 0 aliphatic carbocycles. The van der Waals surface area contributed by atoms with Gasteiger partial charge in [-0.25, -0.2) is 0 Å². The number of carbonyl (C=O) groups excluding carboxylic acids is 1. The number of thioether (sulfide) groups is 1. The summed E-state index contributed by atoms with van der Waals surface area (Å²) in [6.07, 6.45) is 4.29. The van der Waals surface area contributed by atoms with Crippen molar-refractivity contribution in [2.45, 2.75) is 57.7 Å². The number of rotatable bonds is 4. The van der Waals surface area contributed by atoms with Crippen molar-refractivity contribution in [1.82, 2.24) is 5.32 Å². The lowest BCUT2D eigenvalue weighted by Gasteiger charge is -2.27. The molecule has 1 aliphatic rings. The van der Waals surface area contributed by atoms with Crippen molar-refractivity contribution >= 4 is 17.7 Å². The van der Waals surface area contributed by atoms with Gasteiger partial charge in [0.15, 0.2) is 0 Å². The Morgan fingerprint density at radius 2 is 2.18 bits per heavy atom. The van der Waals surface area contributed by atoms with Crippen molar-refractivity contribution in [1.29, 1.82) is 0 Å². The molecule has 4 heteroatoms. The van der Waals surface area contributed by atoms with Crippen LogP contribution in [0.3, 0.4) is 0 Å². The van der Waals surface area contributed by atoms with E-state index in [2.05, 4.69) is 26.1 Å². The van der Waals surface area contributed by atoms with Gasteiger partial charge in [-0.15, -0.1) is 0 Å². The van der Waals surface area contributed by atoms with Crippen LogP contribution in [0, 0.1) is 5.41 Å². The standard InChI is InChI=1S/C13H26N2OS/c1-13(2,3)11(14)8-12(16)15-9-10-6-4-5-7-17-10/h10-11H,4-9,14H2,1-3H3,(H,15,16). The van der Waals surface area contributed by atoms with Crippen molar-refractivity contribution in [2.75, 3.05) is 12.3 Å². The Morgan fingerprint density at radius 3 is 2.71 bits per heavy atom. The van der Waals surface area contributed by atoms with Crippen LogP contribution >= 0.6 is 11.8 Å². The first-order chi connectivity index (χ1) is 7.89.